The summed E-state index contributed by atoms with van der Waals surface area (Å²) in [6.07, 6.45) is 27.6. The first-order valence-corrected chi connectivity index (χ1v) is 26.5. The molecule has 2 aromatic carbocycles. The zero-order chi connectivity index (χ0) is 47.0. The summed E-state index contributed by atoms with van der Waals surface area (Å²) < 4.78 is 31.3. The van der Waals surface area contributed by atoms with Crippen LogP contribution in [0.1, 0.15) is 160 Å². The van der Waals surface area contributed by atoms with Crippen molar-refractivity contribution < 1.29 is 43.5 Å². The summed E-state index contributed by atoms with van der Waals surface area (Å²) >= 11 is 1.92. The van der Waals surface area contributed by atoms with Crippen LogP contribution in [0.15, 0.2) is 65.9 Å². The highest BCUT2D eigenvalue weighted by Gasteiger charge is 2.64. The van der Waals surface area contributed by atoms with Crippen LogP contribution in [0.3, 0.4) is 0 Å². The lowest BCUT2D eigenvalue weighted by atomic mass is 9.56. The van der Waals surface area contributed by atoms with Crippen molar-refractivity contribution in [2.45, 2.75) is 166 Å². The number of ether oxygens (including phenoxy) is 5. The standard InChI is InChI=1S/C54H82N2O9S/c1-6-9-10-11-12-13-14-15-16-17-18-19-20-25-35-66-50-39-47(56-63-8-3)44-36-40(26-21-23-32-57)43(27-22-24-33-58)51-45-37-42(29-31-48(45)65-54(50,52(44)51)62-34-7-2)64-53(59)55-46-30-28-41(60-4)38-49(46)61-5/h7,28-31,36-38,40,43,50-52,57-58H,2,6,8-27,32-35,39H2,1,3-5H3,(H,55,59)/t40-,43+,50-,51+,52+,54+/m0/s1. The number of methoxy groups -OCH3 is 2. The minimum atomic E-state index is -1.04. The smallest absolute Gasteiger partial charge is 0.417 e. The minimum absolute atomic E-state index is 0.0957. The molecule has 1 fully saturated rings. The van der Waals surface area contributed by atoms with Crippen LogP contribution in [0.25, 0.3) is 0 Å². The Balaban J connectivity index is 1.42. The van der Waals surface area contributed by atoms with Gasteiger partial charge in [-0.15, -0.1) is 6.58 Å². The third kappa shape index (κ3) is 14.9. The molecule has 11 nitrogen and oxygen atoms in total. The van der Waals surface area contributed by atoms with Crippen LogP contribution in [0.2, 0.25) is 0 Å². The first-order valence-electron chi connectivity index (χ1n) is 25.4. The summed E-state index contributed by atoms with van der Waals surface area (Å²) in [6, 6.07) is 10.8. The maximum absolute atomic E-state index is 13.5. The molecule has 3 N–H and O–H groups in total. The number of anilines is 1. The second-order valence-electron chi connectivity index (χ2n) is 18.2. The number of amides is 1. The van der Waals surface area contributed by atoms with Crippen molar-refractivity contribution in [2.24, 2.45) is 22.9 Å². The predicted octanol–water partition coefficient (Wildman–Crippen LogP) is 13.2. The first kappa shape index (κ1) is 53.2. The van der Waals surface area contributed by atoms with Gasteiger partial charge in [-0.1, -0.05) is 121 Å². The van der Waals surface area contributed by atoms with E-state index in [1.807, 2.05) is 30.8 Å². The van der Waals surface area contributed by atoms with Gasteiger partial charge >= 0.3 is 6.09 Å². The van der Waals surface area contributed by atoms with Gasteiger partial charge in [-0.25, -0.2) is 4.79 Å². The van der Waals surface area contributed by atoms with E-state index in [0.717, 1.165) is 54.7 Å². The molecule has 0 saturated heterocycles. The average molecular weight is 935 g/mol. The fourth-order valence-corrected chi connectivity index (χ4v) is 11.8. The monoisotopic (exact) mass is 935 g/mol. The highest BCUT2D eigenvalue weighted by atomic mass is 32.2. The topological polar surface area (TPSA) is 137 Å². The van der Waals surface area contributed by atoms with E-state index in [0.29, 0.717) is 61.2 Å². The highest BCUT2D eigenvalue weighted by Crippen LogP contribution is 2.62. The van der Waals surface area contributed by atoms with Gasteiger partial charge in [-0.3, -0.25) is 5.32 Å². The van der Waals surface area contributed by atoms with Crippen LogP contribution in [0, 0.1) is 17.8 Å². The van der Waals surface area contributed by atoms with Crippen LogP contribution in [-0.2, 0) is 9.57 Å². The van der Waals surface area contributed by atoms with E-state index in [2.05, 4.69) is 24.9 Å². The number of thioether (sulfide) groups is 1. The van der Waals surface area contributed by atoms with E-state index in [1.165, 1.54) is 90.6 Å². The molecule has 1 aliphatic heterocycles. The van der Waals surface area contributed by atoms with Gasteiger partial charge in [-0.05, 0) is 92.5 Å². The summed E-state index contributed by atoms with van der Waals surface area (Å²) in [5.41, 5.74) is 3.41. The van der Waals surface area contributed by atoms with Gasteiger partial charge in [0.25, 0.3) is 0 Å². The van der Waals surface area contributed by atoms with E-state index in [4.69, 9.17) is 33.7 Å². The van der Waals surface area contributed by atoms with Crippen LogP contribution in [0.5, 0.6) is 23.0 Å². The second kappa shape index (κ2) is 29.2. The summed E-state index contributed by atoms with van der Waals surface area (Å²) in [6.45, 7) is 9.34. The zero-order valence-electron chi connectivity index (χ0n) is 40.7. The number of unbranched alkanes of at least 4 members (excludes halogenated alkanes) is 15. The molecular formula is C54H82N2O9S. The molecule has 0 spiro atoms. The van der Waals surface area contributed by atoms with E-state index in [1.54, 1.807) is 37.5 Å². The van der Waals surface area contributed by atoms with E-state index in [9.17, 15) is 15.0 Å². The lowest BCUT2D eigenvalue weighted by Gasteiger charge is -2.58. The Morgan fingerprint density at radius 1 is 0.848 bits per heavy atom. The number of rotatable bonds is 33. The van der Waals surface area contributed by atoms with Crippen molar-refractivity contribution in [3.63, 3.8) is 0 Å². The highest BCUT2D eigenvalue weighted by molar-refractivity contribution is 8.00. The Bertz CT molecular complexity index is 1820. The Morgan fingerprint density at radius 3 is 2.15 bits per heavy atom. The van der Waals surface area contributed by atoms with E-state index >= 15 is 0 Å². The Morgan fingerprint density at radius 2 is 1.52 bits per heavy atom. The summed E-state index contributed by atoms with van der Waals surface area (Å²) in [4.78, 5) is 19.4. The number of benzene rings is 2. The van der Waals surface area contributed by atoms with Crippen molar-refractivity contribution in [1.29, 1.82) is 0 Å². The molecule has 66 heavy (non-hydrogen) atoms. The molecular weight excluding hydrogens is 853 g/mol. The number of aliphatic hydroxyl groups excluding tert-OH is 2. The molecule has 0 aromatic heterocycles. The Hall–Kier alpha value is -3.71. The number of carbonyl (C=O) groups excluding carboxylic acids is 1. The fraction of sp³-hybridized carbons (Fsp3) is 0.667. The third-order valence-electron chi connectivity index (χ3n) is 13.6. The van der Waals surface area contributed by atoms with Crippen LogP contribution < -0.4 is 24.3 Å². The molecule has 5 rings (SSSR count). The second-order valence-corrected chi connectivity index (χ2v) is 19.5. The number of aliphatic hydroxyl groups is 2. The van der Waals surface area contributed by atoms with E-state index < -0.39 is 11.9 Å². The van der Waals surface area contributed by atoms with Gasteiger partial charge in [0, 0.05) is 37.2 Å². The molecule has 12 heteroatoms. The van der Waals surface area contributed by atoms with E-state index in [-0.39, 0.29) is 42.1 Å². The van der Waals surface area contributed by atoms with Crippen molar-refractivity contribution in [2.75, 3.05) is 51.7 Å². The molecule has 6 atom stereocenters. The fourth-order valence-electron chi connectivity index (χ4n) is 10.3. The van der Waals surface area contributed by atoms with Gasteiger partial charge in [0.2, 0.25) is 5.79 Å². The van der Waals surface area contributed by atoms with Crippen molar-refractivity contribution >= 4 is 29.3 Å². The van der Waals surface area contributed by atoms with Gasteiger partial charge in [0.15, 0.2) is 0 Å². The quantitative estimate of drug-likeness (QED) is 0.0360. The molecule has 0 bridgehead atoms. The van der Waals surface area contributed by atoms with Crippen molar-refractivity contribution in [3.05, 3.63) is 66.3 Å². The van der Waals surface area contributed by atoms with Crippen LogP contribution in [0.4, 0.5) is 10.5 Å². The third-order valence-corrected chi connectivity index (χ3v) is 15.0. The molecule has 1 saturated carbocycles. The summed E-state index contributed by atoms with van der Waals surface area (Å²) in [5.74, 6) is 1.98. The normalized spacial score (nSPS) is 22.4. The average Bonchev–Trinajstić information content (AvgIpc) is 3.33. The number of carbonyl (C=O) groups is 1. The number of fused-ring (bicyclic) bond motifs is 2. The molecule has 0 radical (unpaired) electrons. The van der Waals surface area contributed by atoms with Crippen LogP contribution in [-0.4, -0.2) is 79.5 Å². The molecule has 0 unspecified atom stereocenters. The number of allylic oxidation sites excluding steroid dienone is 1. The van der Waals surface area contributed by atoms with Gasteiger partial charge in [-0.2, -0.15) is 11.8 Å². The lowest BCUT2D eigenvalue weighted by molar-refractivity contribution is -0.223. The molecule has 368 valence electrons. The lowest BCUT2D eigenvalue weighted by Crippen LogP contribution is -2.64. The number of hydrogen-bond donors (Lipinski definition) is 3. The van der Waals surface area contributed by atoms with Gasteiger partial charge < -0.3 is 38.7 Å². The SMILES string of the molecule is C=CCO[C@@]12Oc3ccc(OC(=O)Nc4ccc(OC)cc4OC)cc3[C@H]3[C@H](CCCCO)[C@@H](CCCCO)C=C(C(=NOCC)C[C@@H]1SCCCCCCCCCCCCCCCC)[C@H]32. The first-order chi connectivity index (χ1) is 32.4. The van der Waals surface area contributed by atoms with Crippen LogP contribution >= 0.6 is 11.8 Å². The van der Waals surface area contributed by atoms with Crippen molar-refractivity contribution in [3.8, 4) is 23.0 Å². The predicted molar refractivity (Wildman–Crippen MR) is 269 cm³/mol. The molecule has 2 aromatic rings. The molecule has 2 aliphatic carbocycles. The zero-order valence-corrected chi connectivity index (χ0v) is 41.5. The molecule has 1 amide bonds. The van der Waals surface area contributed by atoms with Crippen molar-refractivity contribution in [1.82, 2.24) is 0 Å². The summed E-state index contributed by atoms with van der Waals surface area (Å²) in [5, 5.41) is 27.4. The number of nitrogens with zero attached hydrogens (tertiary/aromatic N) is 1. The minimum Gasteiger partial charge on any atom is -0.497 e. The number of oxime groups is 1. The number of nitrogens with one attached hydrogen (secondary N) is 1. The molecule has 3 aliphatic rings. The Kier molecular flexibility index (Phi) is 23.6. The van der Waals surface area contributed by atoms with Gasteiger partial charge in [0.1, 0.15) is 29.6 Å². The maximum atomic E-state index is 13.5. The molecule has 1 heterocycles. The Labute approximate surface area is 400 Å². The number of hydrogen-bond acceptors (Lipinski definition) is 11. The van der Waals surface area contributed by atoms with Gasteiger partial charge in [0.05, 0.1) is 43.4 Å². The largest absolute Gasteiger partial charge is 0.497 e. The maximum Gasteiger partial charge on any atom is 0.417 e. The summed E-state index contributed by atoms with van der Waals surface area (Å²) in [7, 11) is 3.11.